The van der Waals surface area contributed by atoms with Gasteiger partial charge in [-0.05, 0) is 45.4 Å². The summed E-state index contributed by atoms with van der Waals surface area (Å²) in [4.78, 5) is 18.1. The maximum absolute atomic E-state index is 11.3. The van der Waals surface area contributed by atoms with Gasteiger partial charge in [0.1, 0.15) is 0 Å². The molecule has 0 saturated carbocycles. The molecule has 6 heteroatoms. The van der Waals surface area contributed by atoms with Crippen LogP contribution in [0.5, 0.6) is 0 Å². The summed E-state index contributed by atoms with van der Waals surface area (Å²) < 4.78 is 10.3. The Balaban J connectivity index is 2.32. The van der Waals surface area contributed by atoms with Crippen molar-refractivity contribution in [3.63, 3.8) is 0 Å². The van der Waals surface area contributed by atoms with Crippen molar-refractivity contribution in [3.8, 4) is 0 Å². The van der Waals surface area contributed by atoms with E-state index in [0.29, 0.717) is 19.6 Å². The minimum absolute atomic E-state index is 0.138. The maximum atomic E-state index is 11.3. The van der Waals surface area contributed by atoms with E-state index in [1.54, 1.807) is 0 Å². The van der Waals surface area contributed by atoms with Crippen LogP contribution in [0, 0.1) is 5.92 Å². The molecule has 0 amide bonds. The van der Waals surface area contributed by atoms with Gasteiger partial charge in [0.05, 0.1) is 6.61 Å². The monoisotopic (exact) mass is 327 g/mol. The van der Waals surface area contributed by atoms with Gasteiger partial charge in [0.25, 0.3) is 0 Å². The van der Waals surface area contributed by atoms with Crippen LogP contribution < -0.4 is 5.32 Å². The molecule has 0 unspecified atom stereocenters. The second-order valence-corrected chi connectivity index (χ2v) is 5.91. The van der Waals surface area contributed by atoms with Gasteiger partial charge in [0.15, 0.2) is 5.96 Å². The minimum atomic E-state index is -0.138. The molecule has 1 N–H and O–H groups in total. The van der Waals surface area contributed by atoms with E-state index in [2.05, 4.69) is 29.2 Å². The predicted molar refractivity (Wildman–Crippen MR) is 92.6 cm³/mol. The molecule has 23 heavy (non-hydrogen) atoms. The van der Waals surface area contributed by atoms with Crippen LogP contribution in [-0.2, 0) is 14.3 Å². The molecule has 0 aromatic heterocycles. The fraction of sp³-hybridized carbons (Fsp3) is 0.882. The summed E-state index contributed by atoms with van der Waals surface area (Å²) in [6.07, 6.45) is 4.67. The Hall–Kier alpha value is -1.30. The van der Waals surface area contributed by atoms with E-state index in [1.807, 2.05) is 6.92 Å². The molecule has 1 aliphatic heterocycles. The molecule has 0 spiro atoms. The zero-order valence-electron chi connectivity index (χ0n) is 15.0. The first-order valence-electron chi connectivity index (χ1n) is 8.90. The zero-order valence-corrected chi connectivity index (χ0v) is 15.0. The lowest BCUT2D eigenvalue weighted by Gasteiger charge is -2.26. The van der Waals surface area contributed by atoms with Crippen molar-refractivity contribution in [3.05, 3.63) is 0 Å². The van der Waals surface area contributed by atoms with E-state index in [4.69, 9.17) is 9.47 Å². The molecule has 1 heterocycles. The summed E-state index contributed by atoms with van der Waals surface area (Å²) in [5, 5.41) is 3.32. The summed E-state index contributed by atoms with van der Waals surface area (Å²) in [7, 11) is 2.08. The quantitative estimate of drug-likeness (QED) is 0.304. The SMILES string of the molecule is CCNC(=NCCCC(=O)OCC)N(C)CCC1CCOCC1. The Bertz CT molecular complexity index is 355. The molecule has 0 aromatic rings. The molecule has 0 atom stereocenters. The average Bonchev–Trinajstić information content (AvgIpc) is 2.56. The molecule has 0 aliphatic carbocycles. The maximum Gasteiger partial charge on any atom is 0.305 e. The highest BCUT2D eigenvalue weighted by Crippen LogP contribution is 2.18. The fourth-order valence-electron chi connectivity index (χ4n) is 2.63. The van der Waals surface area contributed by atoms with Gasteiger partial charge in [-0.3, -0.25) is 9.79 Å². The molecule has 1 fully saturated rings. The Morgan fingerprint density at radius 3 is 2.74 bits per heavy atom. The van der Waals surface area contributed by atoms with Crippen LogP contribution in [0.4, 0.5) is 0 Å². The molecule has 0 aromatic carbocycles. The molecule has 1 aliphatic rings. The number of rotatable bonds is 9. The summed E-state index contributed by atoms with van der Waals surface area (Å²) in [5.74, 6) is 1.54. The molecular formula is C17H33N3O3. The second kappa shape index (κ2) is 12.2. The van der Waals surface area contributed by atoms with Gasteiger partial charge in [0, 0.05) is 46.3 Å². The fourth-order valence-corrected chi connectivity index (χ4v) is 2.63. The van der Waals surface area contributed by atoms with Crippen molar-refractivity contribution in [2.24, 2.45) is 10.9 Å². The van der Waals surface area contributed by atoms with Crippen LogP contribution >= 0.6 is 0 Å². The van der Waals surface area contributed by atoms with E-state index in [0.717, 1.165) is 44.6 Å². The molecule has 0 bridgehead atoms. The average molecular weight is 327 g/mol. The standard InChI is InChI=1S/C17H33N3O3/c1-4-18-17(19-11-6-7-16(21)23-5-2)20(3)12-8-15-9-13-22-14-10-15/h15H,4-14H2,1-3H3,(H,18,19). The van der Waals surface area contributed by atoms with Crippen molar-refractivity contribution in [2.45, 2.75) is 46.0 Å². The van der Waals surface area contributed by atoms with Gasteiger partial charge in [-0.2, -0.15) is 0 Å². The van der Waals surface area contributed by atoms with Crippen molar-refractivity contribution < 1.29 is 14.3 Å². The van der Waals surface area contributed by atoms with E-state index in [9.17, 15) is 4.79 Å². The number of ether oxygens (including phenoxy) is 2. The van der Waals surface area contributed by atoms with Gasteiger partial charge in [0.2, 0.25) is 0 Å². The van der Waals surface area contributed by atoms with Crippen LogP contribution in [0.25, 0.3) is 0 Å². The summed E-state index contributed by atoms with van der Waals surface area (Å²) in [6.45, 7) is 8.62. The third kappa shape index (κ3) is 8.79. The van der Waals surface area contributed by atoms with Crippen molar-refractivity contribution in [2.75, 3.05) is 46.5 Å². The molecule has 134 valence electrons. The molecule has 6 nitrogen and oxygen atoms in total. The van der Waals surface area contributed by atoms with Crippen molar-refractivity contribution in [1.29, 1.82) is 0 Å². The Kier molecular flexibility index (Phi) is 10.4. The highest BCUT2D eigenvalue weighted by Gasteiger charge is 2.15. The summed E-state index contributed by atoms with van der Waals surface area (Å²) in [5.41, 5.74) is 0. The van der Waals surface area contributed by atoms with E-state index < -0.39 is 0 Å². The number of hydrogen-bond donors (Lipinski definition) is 1. The predicted octanol–water partition coefficient (Wildman–Crippen LogP) is 2.04. The third-order valence-corrected chi connectivity index (χ3v) is 4.02. The number of nitrogens with zero attached hydrogens (tertiary/aromatic N) is 2. The zero-order chi connectivity index (χ0) is 16.9. The van der Waals surface area contributed by atoms with Crippen LogP contribution in [0.1, 0.15) is 46.0 Å². The summed E-state index contributed by atoms with van der Waals surface area (Å²) in [6, 6.07) is 0. The van der Waals surface area contributed by atoms with Crippen LogP contribution in [0.2, 0.25) is 0 Å². The van der Waals surface area contributed by atoms with Crippen molar-refractivity contribution in [1.82, 2.24) is 10.2 Å². The third-order valence-electron chi connectivity index (χ3n) is 4.02. The number of hydrogen-bond acceptors (Lipinski definition) is 4. The number of carbonyl (C=O) groups excluding carboxylic acids is 1. The van der Waals surface area contributed by atoms with Gasteiger partial charge in [-0.1, -0.05) is 0 Å². The molecule has 1 rings (SSSR count). The Labute approximate surface area is 140 Å². The largest absolute Gasteiger partial charge is 0.466 e. The first-order chi connectivity index (χ1) is 11.2. The summed E-state index contributed by atoms with van der Waals surface area (Å²) >= 11 is 0. The highest BCUT2D eigenvalue weighted by molar-refractivity contribution is 5.79. The highest BCUT2D eigenvalue weighted by atomic mass is 16.5. The number of aliphatic imine (C=N–C) groups is 1. The lowest BCUT2D eigenvalue weighted by molar-refractivity contribution is -0.143. The van der Waals surface area contributed by atoms with E-state index in [-0.39, 0.29) is 5.97 Å². The second-order valence-electron chi connectivity index (χ2n) is 5.91. The smallest absolute Gasteiger partial charge is 0.305 e. The van der Waals surface area contributed by atoms with Gasteiger partial charge in [-0.25, -0.2) is 0 Å². The Morgan fingerprint density at radius 1 is 1.35 bits per heavy atom. The van der Waals surface area contributed by atoms with Gasteiger partial charge < -0.3 is 19.7 Å². The first kappa shape index (κ1) is 19.7. The molecular weight excluding hydrogens is 294 g/mol. The number of esters is 1. The number of carbonyl (C=O) groups is 1. The molecule has 1 saturated heterocycles. The Morgan fingerprint density at radius 2 is 2.09 bits per heavy atom. The first-order valence-corrected chi connectivity index (χ1v) is 8.90. The lowest BCUT2D eigenvalue weighted by Crippen LogP contribution is -2.40. The van der Waals surface area contributed by atoms with Gasteiger partial charge >= 0.3 is 5.97 Å². The van der Waals surface area contributed by atoms with Crippen LogP contribution in [0.15, 0.2) is 4.99 Å². The number of nitrogens with one attached hydrogen (secondary N) is 1. The van der Waals surface area contributed by atoms with E-state index >= 15 is 0 Å². The van der Waals surface area contributed by atoms with Crippen LogP contribution in [0.3, 0.4) is 0 Å². The van der Waals surface area contributed by atoms with E-state index in [1.165, 1.54) is 19.3 Å². The van der Waals surface area contributed by atoms with Gasteiger partial charge in [-0.15, -0.1) is 0 Å². The lowest BCUT2D eigenvalue weighted by atomic mass is 9.96. The van der Waals surface area contributed by atoms with Crippen LogP contribution in [-0.4, -0.2) is 63.3 Å². The topological polar surface area (TPSA) is 63.2 Å². The normalized spacial score (nSPS) is 16.2. The van der Waals surface area contributed by atoms with Crippen molar-refractivity contribution >= 4 is 11.9 Å². The molecule has 0 radical (unpaired) electrons. The minimum Gasteiger partial charge on any atom is -0.466 e. The number of guanidine groups is 1.